The molecule has 1 heterocycles. The van der Waals surface area contributed by atoms with Crippen molar-refractivity contribution >= 4 is 18.3 Å². The molecule has 0 unspecified atom stereocenters. The molecule has 1 atom stereocenters. The monoisotopic (exact) mass is 316 g/mol. The summed E-state index contributed by atoms with van der Waals surface area (Å²) in [6, 6.07) is 3.34. The van der Waals surface area contributed by atoms with Gasteiger partial charge < -0.3 is 24.8 Å². The van der Waals surface area contributed by atoms with Crippen LogP contribution in [0.25, 0.3) is 0 Å². The topological polar surface area (TPSA) is 74.0 Å². The van der Waals surface area contributed by atoms with Gasteiger partial charge in [-0.2, -0.15) is 0 Å². The van der Waals surface area contributed by atoms with Gasteiger partial charge in [-0.3, -0.25) is 4.79 Å². The van der Waals surface area contributed by atoms with Crippen LogP contribution >= 0.6 is 12.4 Å². The molecule has 0 bridgehead atoms. The van der Waals surface area contributed by atoms with E-state index >= 15 is 0 Å². The van der Waals surface area contributed by atoms with Crippen LogP contribution in [0, 0.1) is 0 Å². The molecule has 1 aliphatic heterocycles. The molecule has 2 rings (SSSR count). The number of ether oxygens (including phenoxy) is 3. The normalized spacial score (nSPS) is 17.1. The van der Waals surface area contributed by atoms with E-state index in [0.29, 0.717) is 35.9 Å². The van der Waals surface area contributed by atoms with Crippen LogP contribution in [0.4, 0.5) is 0 Å². The highest BCUT2D eigenvalue weighted by atomic mass is 35.5. The zero-order valence-corrected chi connectivity index (χ0v) is 13.2. The fourth-order valence-corrected chi connectivity index (χ4v) is 2.34. The summed E-state index contributed by atoms with van der Waals surface area (Å²) in [4.78, 5) is 14.3. The van der Waals surface area contributed by atoms with E-state index in [1.165, 1.54) is 21.3 Å². The van der Waals surface area contributed by atoms with Gasteiger partial charge in [-0.15, -0.1) is 12.4 Å². The van der Waals surface area contributed by atoms with Crippen molar-refractivity contribution in [3.63, 3.8) is 0 Å². The number of halogens is 1. The summed E-state index contributed by atoms with van der Waals surface area (Å²) in [6.45, 7) is 1.23. The zero-order valence-electron chi connectivity index (χ0n) is 12.4. The van der Waals surface area contributed by atoms with Crippen molar-refractivity contribution in [1.82, 2.24) is 4.90 Å². The number of hydrogen-bond donors (Lipinski definition) is 1. The van der Waals surface area contributed by atoms with Crippen molar-refractivity contribution < 1.29 is 19.0 Å². The first-order valence-corrected chi connectivity index (χ1v) is 6.45. The molecule has 6 nitrogen and oxygen atoms in total. The van der Waals surface area contributed by atoms with Crippen LogP contribution in [0.2, 0.25) is 0 Å². The van der Waals surface area contributed by atoms with Crippen LogP contribution in [-0.2, 0) is 0 Å². The van der Waals surface area contributed by atoms with Crippen LogP contribution in [0.15, 0.2) is 12.1 Å². The molecule has 0 aliphatic carbocycles. The van der Waals surface area contributed by atoms with Gasteiger partial charge in [0.05, 0.1) is 26.9 Å². The number of carbonyl (C=O) groups is 1. The Morgan fingerprint density at radius 3 is 2.19 bits per heavy atom. The standard InChI is InChI=1S/C14H20N2O4.ClH/c1-18-11-7-13(20-3)12(19-2)6-10(11)14(17)16-5-4-9(15)8-16;/h6-7,9H,4-5,8,15H2,1-3H3;1H/t9-;/m1./s1. The quantitative estimate of drug-likeness (QED) is 0.906. The third-order valence-corrected chi connectivity index (χ3v) is 3.45. The second kappa shape index (κ2) is 7.38. The summed E-state index contributed by atoms with van der Waals surface area (Å²) in [7, 11) is 4.59. The third-order valence-electron chi connectivity index (χ3n) is 3.45. The maximum Gasteiger partial charge on any atom is 0.257 e. The molecular formula is C14H21ClN2O4. The number of hydrogen-bond acceptors (Lipinski definition) is 5. The number of rotatable bonds is 4. The Hall–Kier alpha value is -1.66. The minimum atomic E-state index is -0.101. The molecule has 2 N–H and O–H groups in total. The fourth-order valence-electron chi connectivity index (χ4n) is 2.34. The van der Waals surface area contributed by atoms with Crippen molar-refractivity contribution in [1.29, 1.82) is 0 Å². The van der Waals surface area contributed by atoms with Crippen molar-refractivity contribution in [3.05, 3.63) is 17.7 Å². The summed E-state index contributed by atoms with van der Waals surface area (Å²) >= 11 is 0. The lowest BCUT2D eigenvalue weighted by Crippen LogP contribution is -2.32. The second-order valence-corrected chi connectivity index (χ2v) is 4.71. The first-order chi connectivity index (χ1) is 9.60. The Kier molecular flexibility index (Phi) is 6.11. The lowest BCUT2D eigenvalue weighted by molar-refractivity contribution is 0.0787. The van der Waals surface area contributed by atoms with Crippen LogP contribution in [0.1, 0.15) is 16.8 Å². The van der Waals surface area contributed by atoms with Crippen LogP contribution in [0.3, 0.4) is 0 Å². The molecule has 1 saturated heterocycles. The number of carbonyl (C=O) groups excluding carboxylic acids is 1. The summed E-state index contributed by atoms with van der Waals surface area (Å²) in [5.74, 6) is 1.39. The van der Waals surface area contributed by atoms with Crippen LogP contribution in [0.5, 0.6) is 17.2 Å². The molecule has 7 heteroatoms. The highest BCUT2D eigenvalue weighted by Crippen LogP contribution is 2.35. The summed E-state index contributed by atoms with van der Waals surface area (Å²) < 4.78 is 15.7. The van der Waals surface area contributed by atoms with Crippen molar-refractivity contribution in [2.24, 2.45) is 5.73 Å². The molecule has 1 aromatic rings. The number of nitrogens with zero attached hydrogens (tertiary/aromatic N) is 1. The SMILES string of the molecule is COc1cc(OC)c(C(=O)N2CC[C@@H](N)C2)cc1OC.Cl. The van der Waals surface area contributed by atoms with Crippen molar-refractivity contribution in [2.45, 2.75) is 12.5 Å². The predicted octanol–water partition coefficient (Wildman–Crippen LogP) is 1.31. The minimum Gasteiger partial charge on any atom is -0.496 e. The summed E-state index contributed by atoms with van der Waals surface area (Å²) in [5, 5.41) is 0. The second-order valence-electron chi connectivity index (χ2n) is 4.71. The van der Waals surface area contributed by atoms with E-state index in [-0.39, 0.29) is 24.4 Å². The minimum absolute atomic E-state index is 0. The highest BCUT2D eigenvalue weighted by molar-refractivity contribution is 5.98. The average Bonchev–Trinajstić information content (AvgIpc) is 2.91. The largest absolute Gasteiger partial charge is 0.496 e. The molecule has 0 spiro atoms. The van der Waals surface area contributed by atoms with Crippen LogP contribution < -0.4 is 19.9 Å². The van der Waals surface area contributed by atoms with E-state index in [1.807, 2.05) is 0 Å². The maximum atomic E-state index is 12.5. The summed E-state index contributed by atoms with van der Waals surface area (Å²) in [6.07, 6.45) is 0.821. The number of nitrogens with two attached hydrogens (primary N) is 1. The fraction of sp³-hybridized carbons (Fsp3) is 0.500. The lowest BCUT2D eigenvalue weighted by Gasteiger charge is -2.19. The van der Waals surface area contributed by atoms with E-state index in [2.05, 4.69) is 0 Å². The number of methoxy groups -OCH3 is 3. The Bertz CT molecular complexity index is 510. The smallest absolute Gasteiger partial charge is 0.257 e. The number of amides is 1. The van der Waals surface area contributed by atoms with Gasteiger partial charge >= 0.3 is 0 Å². The number of likely N-dealkylation sites (tertiary alicyclic amines) is 1. The van der Waals surface area contributed by atoms with Gasteiger partial charge in [0.2, 0.25) is 0 Å². The molecular weight excluding hydrogens is 296 g/mol. The summed E-state index contributed by atoms with van der Waals surface area (Å²) in [5.41, 5.74) is 6.30. The third kappa shape index (κ3) is 3.51. The Balaban J connectivity index is 0.00000220. The van der Waals surface area contributed by atoms with Gasteiger partial charge in [0.1, 0.15) is 5.75 Å². The Morgan fingerprint density at radius 2 is 1.71 bits per heavy atom. The molecule has 0 aromatic heterocycles. The zero-order chi connectivity index (χ0) is 14.7. The molecule has 21 heavy (non-hydrogen) atoms. The average molecular weight is 317 g/mol. The van der Waals surface area contributed by atoms with Gasteiger partial charge in [-0.25, -0.2) is 0 Å². The van der Waals surface area contributed by atoms with E-state index in [1.54, 1.807) is 17.0 Å². The number of benzene rings is 1. The molecule has 1 aliphatic rings. The van der Waals surface area contributed by atoms with Gasteiger partial charge in [0, 0.05) is 31.3 Å². The first kappa shape index (κ1) is 17.4. The van der Waals surface area contributed by atoms with Gasteiger partial charge in [0.25, 0.3) is 5.91 Å². The molecule has 0 radical (unpaired) electrons. The Labute approximate surface area is 130 Å². The molecule has 0 saturated carbocycles. The van der Waals surface area contributed by atoms with E-state index < -0.39 is 0 Å². The van der Waals surface area contributed by atoms with Crippen LogP contribution in [-0.4, -0.2) is 51.3 Å². The first-order valence-electron chi connectivity index (χ1n) is 6.45. The van der Waals surface area contributed by atoms with Gasteiger partial charge in [-0.1, -0.05) is 0 Å². The molecule has 1 fully saturated rings. The molecule has 1 aromatic carbocycles. The Morgan fingerprint density at radius 1 is 1.14 bits per heavy atom. The maximum absolute atomic E-state index is 12.5. The van der Waals surface area contributed by atoms with Gasteiger partial charge in [-0.05, 0) is 6.42 Å². The lowest BCUT2D eigenvalue weighted by atomic mass is 10.1. The van der Waals surface area contributed by atoms with Crippen molar-refractivity contribution in [3.8, 4) is 17.2 Å². The highest BCUT2D eigenvalue weighted by Gasteiger charge is 2.27. The van der Waals surface area contributed by atoms with Crippen molar-refractivity contribution in [2.75, 3.05) is 34.4 Å². The predicted molar refractivity (Wildman–Crippen MR) is 81.8 cm³/mol. The molecule has 118 valence electrons. The van der Waals surface area contributed by atoms with Gasteiger partial charge in [0.15, 0.2) is 11.5 Å². The van der Waals surface area contributed by atoms with E-state index in [9.17, 15) is 4.79 Å². The molecule has 1 amide bonds. The van der Waals surface area contributed by atoms with E-state index in [4.69, 9.17) is 19.9 Å². The van der Waals surface area contributed by atoms with E-state index in [0.717, 1.165) is 6.42 Å².